The van der Waals surface area contributed by atoms with Crippen LogP contribution in [0.3, 0.4) is 0 Å². The average Bonchev–Trinajstić information content (AvgIpc) is 3.09. The molecule has 23 heteroatoms. The lowest BCUT2D eigenvalue weighted by molar-refractivity contribution is -0.461. The van der Waals surface area contributed by atoms with E-state index in [0.29, 0.717) is 12.0 Å². The lowest BCUT2D eigenvalue weighted by Gasteiger charge is -2.44. The van der Waals surface area contributed by atoms with E-state index in [1.54, 1.807) is 26.0 Å². The van der Waals surface area contributed by atoms with Crippen LogP contribution >= 0.6 is 0 Å². The van der Waals surface area contributed by atoms with E-state index in [0.717, 1.165) is 0 Å². The van der Waals surface area contributed by atoms with Gasteiger partial charge < -0.3 is 19.0 Å². The summed E-state index contributed by atoms with van der Waals surface area (Å²) in [5.41, 5.74) is -1.23. The van der Waals surface area contributed by atoms with Gasteiger partial charge in [0.2, 0.25) is 0 Å². The van der Waals surface area contributed by atoms with Gasteiger partial charge >= 0.3 is 53.6 Å². The number of ether oxygens (including phenoxy) is 2. The summed E-state index contributed by atoms with van der Waals surface area (Å²) >= 11 is 0. The van der Waals surface area contributed by atoms with Gasteiger partial charge in [-0.25, -0.2) is 4.79 Å². The quantitative estimate of drug-likeness (QED) is 0.0296. The van der Waals surface area contributed by atoms with Crippen LogP contribution in [0.4, 0.5) is 74.6 Å². The third-order valence-electron chi connectivity index (χ3n) is 9.33. The Hall–Kier alpha value is -3.08. The summed E-state index contributed by atoms with van der Waals surface area (Å²) in [4.78, 5) is 11.3. The molecule has 1 aromatic carbocycles. The standard InChI is InChI=1S/C35H43F17O5Si/c1-7-55-26(53)12-10-8-9-11-23(6)27(54)24-13-15-25(16-14-24)56-18-19-57-58(21(2)3,22(4)5)20-17-28(36,37)29(38,39)30(40,41)31(42,43)32(44,45)33(46,47)34(48,49)35(50,51)52/h8-10,12-16,21-23,27,54H,7,11,17-20H2,1-6H3/b9-8+,12-10+/t23-,27+/m0/s1. The Morgan fingerprint density at radius 3 is 1.60 bits per heavy atom. The minimum atomic E-state index is -8.68. The number of esters is 1. The number of halogens is 17. The van der Waals surface area contributed by atoms with Crippen molar-refractivity contribution in [2.24, 2.45) is 5.92 Å². The second-order valence-electron chi connectivity index (χ2n) is 13.9. The number of hydrogen-bond donors (Lipinski definition) is 1. The highest BCUT2D eigenvalue weighted by Gasteiger charge is 2.95. The predicted octanol–water partition coefficient (Wildman–Crippen LogP) is 12.0. The van der Waals surface area contributed by atoms with E-state index >= 15 is 0 Å². The molecule has 58 heavy (non-hydrogen) atoms. The highest BCUT2D eigenvalue weighted by molar-refractivity contribution is 6.76. The molecule has 0 aliphatic heterocycles. The van der Waals surface area contributed by atoms with Gasteiger partial charge in [0.1, 0.15) is 12.4 Å². The number of alkyl halides is 17. The van der Waals surface area contributed by atoms with Crippen molar-refractivity contribution in [3.8, 4) is 5.75 Å². The molecule has 0 bridgehead atoms. The molecule has 0 radical (unpaired) electrons. The van der Waals surface area contributed by atoms with E-state index in [2.05, 4.69) is 0 Å². The molecule has 336 valence electrons. The van der Waals surface area contributed by atoms with E-state index in [1.807, 2.05) is 0 Å². The summed E-state index contributed by atoms with van der Waals surface area (Å²) in [6.07, 6.45) is -4.92. The van der Waals surface area contributed by atoms with Crippen LogP contribution in [0.25, 0.3) is 0 Å². The van der Waals surface area contributed by atoms with Gasteiger partial charge in [-0.1, -0.05) is 65.0 Å². The van der Waals surface area contributed by atoms with E-state index < -0.39 is 98.2 Å². The number of rotatable bonds is 23. The molecule has 0 aliphatic rings. The van der Waals surface area contributed by atoms with Crippen LogP contribution in [0.15, 0.2) is 48.6 Å². The van der Waals surface area contributed by atoms with Gasteiger partial charge in [0, 0.05) is 12.5 Å². The maximum Gasteiger partial charge on any atom is 0.460 e. The second-order valence-corrected chi connectivity index (χ2v) is 18.9. The SMILES string of the molecule is CCOC(=O)/C=C/C=C/C[C@H](C)[C@@H](O)c1ccc(OCCO[Si](CCC(F)(F)C(F)(F)C(F)(F)C(F)(F)C(F)(F)C(F)(F)C(F)(F)C(F)(F)F)(C(C)C)C(C)C)cc1. The maximum absolute atomic E-state index is 14.9. The average molecular weight is 895 g/mol. The number of carbonyl (C=O) groups is 1. The first-order valence-corrected chi connectivity index (χ1v) is 19.6. The number of carbonyl (C=O) groups excluding carboxylic acids is 1. The molecule has 0 saturated carbocycles. The van der Waals surface area contributed by atoms with Gasteiger partial charge in [0.25, 0.3) is 0 Å². The smallest absolute Gasteiger partial charge is 0.460 e. The molecule has 0 heterocycles. The fraction of sp³-hybridized carbons (Fsp3) is 0.686. The minimum absolute atomic E-state index is 0.183. The normalized spacial score (nSPS) is 15.8. The Morgan fingerprint density at radius 1 is 0.690 bits per heavy atom. The highest BCUT2D eigenvalue weighted by atomic mass is 28.4. The van der Waals surface area contributed by atoms with Crippen molar-refractivity contribution < 1.29 is 98.4 Å². The zero-order chi connectivity index (χ0) is 45.6. The third kappa shape index (κ3) is 10.6. The highest BCUT2D eigenvalue weighted by Crippen LogP contribution is 2.64. The number of hydrogen-bond acceptors (Lipinski definition) is 5. The minimum Gasteiger partial charge on any atom is -0.491 e. The van der Waals surface area contributed by atoms with Crippen molar-refractivity contribution in [1.82, 2.24) is 0 Å². The Balaban J connectivity index is 3.13. The molecule has 0 aliphatic carbocycles. The molecule has 0 unspecified atom stereocenters. The Morgan fingerprint density at radius 2 is 1.16 bits per heavy atom. The largest absolute Gasteiger partial charge is 0.491 e. The third-order valence-corrected chi connectivity index (χ3v) is 15.0. The zero-order valence-electron chi connectivity index (χ0n) is 31.7. The Kier molecular flexibility index (Phi) is 17.4. The first-order chi connectivity index (χ1) is 26.1. The van der Waals surface area contributed by atoms with Crippen molar-refractivity contribution >= 4 is 14.3 Å². The van der Waals surface area contributed by atoms with Crippen molar-refractivity contribution in [1.29, 1.82) is 0 Å². The molecule has 0 saturated heterocycles. The maximum atomic E-state index is 14.9. The number of aliphatic hydroxyl groups excluding tert-OH is 1. The second kappa shape index (κ2) is 19.1. The summed E-state index contributed by atoms with van der Waals surface area (Å²) in [5, 5.41) is 10.7. The van der Waals surface area contributed by atoms with Crippen molar-refractivity contribution in [2.75, 3.05) is 19.8 Å². The monoisotopic (exact) mass is 894 g/mol. The van der Waals surface area contributed by atoms with Crippen LogP contribution in [0.2, 0.25) is 17.1 Å². The van der Waals surface area contributed by atoms with E-state index in [1.165, 1.54) is 64.1 Å². The van der Waals surface area contributed by atoms with Crippen LogP contribution in [0.1, 0.15) is 66.1 Å². The molecule has 5 nitrogen and oxygen atoms in total. The lowest BCUT2D eigenvalue weighted by atomic mass is 9.88. The van der Waals surface area contributed by atoms with Gasteiger partial charge in [0.05, 0.1) is 19.3 Å². The van der Waals surface area contributed by atoms with Crippen molar-refractivity contribution in [2.45, 2.75) is 125 Å². The summed E-state index contributed by atoms with van der Waals surface area (Å²) in [6, 6.07) is 4.57. The van der Waals surface area contributed by atoms with Gasteiger partial charge in [-0.3, -0.25) is 0 Å². The van der Waals surface area contributed by atoms with Crippen LogP contribution < -0.4 is 4.74 Å². The molecule has 1 N–H and O–H groups in total. The molecule has 0 aromatic heterocycles. The number of benzene rings is 1. The van der Waals surface area contributed by atoms with Gasteiger partial charge in [-0.05, 0) is 54.1 Å². The van der Waals surface area contributed by atoms with Crippen LogP contribution in [-0.2, 0) is 14.0 Å². The predicted molar refractivity (Wildman–Crippen MR) is 178 cm³/mol. The summed E-state index contributed by atoms with van der Waals surface area (Å²) in [7, 11) is -3.94. The van der Waals surface area contributed by atoms with E-state index in [9.17, 15) is 84.5 Å². The number of aliphatic hydroxyl groups is 1. The summed E-state index contributed by atoms with van der Waals surface area (Å²) < 4.78 is 250. The van der Waals surface area contributed by atoms with E-state index in [4.69, 9.17) is 13.9 Å². The first kappa shape index (κ1) is 52.9. The molecule has 1 rings (SSSR count). The van der Waals surface area contributed by atoms with E-state index in [-0.39, 0.29) is 24.9 Å². The van der Waals surface area contributed by atoms with Crippen LogP contribution in [0.5, 0.6) is 5.75 Å². The molecule has 0 amide bonds. The van der Waals surface area contributed by atoms with Crippen molar-refractivity contribution in [3.05, 3.63) is 54.1 Å². The summed E-state index contributed by atoms with van der Waals surface area (Å²) in [6.45, 7) is 8.08. The van der Waals surface area contributed by atoms with Gasteiger partial charge in [-0.15, -0.1) is 0 Å². The first-order valence-electron chi connectivity index (χ1n) is 17.3. The molecule has 1 aromatic rings. The van der Waals surface area contributed by atoms with Gasteiger partial charge in [0.15, 0.2) is 8.32 Å². The Labute approximate surface area is 323 Å². The molecular formula is C35H43F17O5Si. The lowest BCUT2D eigenvalue weighted by Crippen LogP contribution is -2.74. The van der Waals surface area contributed by atoms with Crippen molar-refractivity contribution in [3.63, 3.8) is 0 Å². The topological polar surface area (TPSA) is 65.0 Å². The molecular weight excluding hydrogens is 851 g/mol. The molecule has 0 fully saturated rings. The van der Waals surface area contributed by atoms with Crippen LogP contribution in [0, 0.1) is 5.92 Å². The number of allylic oxidation sites excluding steroid dienone is 3. The molecule has 2 atom stereocenters. The summed E-state index contributed by atoms with van der Waals surface area (Å²) in [5.74, 6) is -57.3. The van der Waals surface area contributed by atoms with Crippen LogP contribution in [-0.4, -0.2) is 86.8 Å². The fourth-order valence-corrected chi connectivity index (χ4v) is 10.1. The zero-order valence-corrected chi connectivity index (χ0v) is 32.7. The Bertz CT molecular complexity index is 1520. The van der Waals surface area contributed by atoms with Gasteiger partial charge in [-0.2, -0.15) is 74.6 Å². The molecule has 0 spiro atoms. The fourth-order valence-electron chi connectivity index (χ4n) is 5.66.